The van der Waals surface area contributed by atoms with Crippen molar-refractivity contribution >= 4 is 5.78 Å². The molecule has 0 spiro atoms. The minimum atomic E-state index is -0.245. The summed E-state index contributed by atoms with van der Waals surface area (Å²) in [6, 6.07) is 0. The summed E-state index contributed by atoms with van der Waals surface area (Å²) in [6.45, 7) is 17.4. The number of carbonyl (C=O) groups is 1. The van der Waals surface area contributed by atoms with Gasteiger partial charge in [0, 0.05) is 5.92 Å². The molecule has 5 aliphatic carbocycles. The molecule has 11 atom stereocenters. The van der Waals surface area contributed by atoms with Gasteiger partial charge in [0.15, 0.2) is 5.78 Å². The van der Waals surface area contributed by atoms with Gasteiger partial charge in [-0.2, -0.15) is 0 Å². The Morgan fingerprint density at radius 2 is 1.66 bits per heavy atom. The Labute approximate surface area is 197 Å². The topological polar surface area (TPSA) is 37.3 Å². The zero-order chi connectivity index (χ0) is 23.2. The van der Waals surface area contributed by atoms with Crippen molar-refractivity contribution in [2.45, 2.75) is 106 Å². The highest BCUT2D eigenvalue weighted by Crippen LogP contribution is 2.70. The molecule has 2 nitrogen and oxygen atoms in total. The van der Waals surface area contributed by atoms with E-state index in [1.807, 2.05) is 6.08 Å². The van der Waals surface area contributed by atoms with Gasteiger partial charge >= 0.3 is 0 Å². The number of fused-ring (bicyclic) bond motifs is 5. The maximum absolute atomic E-state index is 13.5. The number of hydrogen-bond donors (Lipinski definition) is 1. The molecule has 0 aromatic carbocycles. The quantitative estimate of drug-likeness (QED) is 0.508. The van der Waals surface area contributed by atoms with E-state index in [9.17, 15) is 9.90 Å². The summed E-state index contributed by atoms with van der Waals surface area (Å²) in [4.78, 5) is 13.5. The summed E-state index contributed by atoms with van der Waals surface area (Å²) in [7, 11) is 0. The zero-order valence-corrected chi connectivity index (χ0v) is 21.8. The molecule has 0 aromatic heterocycles. The molecule has 5 aliphatic rings. The lowest BCUT2D eigenvalue weighted by atomic mass is 9.46. The molecular formula is C30H48O2. The van der Waals surface area contributed by atoms with Gasteiger partial charge in [-0.15, -0.1) is 0 Å². The number of aliphatic hydroxyl groups excluding tert-OH is 1. The number of allylic oxidation sites excluding steroid dienone is 1. The van der Waals surface area contributed by atoms with Crippen LogP contribution < -0.4 is 0 Å². The third-order valence-electron chi connectivity index (χ3n) is 12.6. The fraction of sp³-hybridized carbons (Fsp3) is 0.900. The summed E-state index contributed by atoms with van der Waals surface area (Å²) < 4.78 is 0. The number of aliphatic hydroxyl groups is 1. The van der Waals surface area contributed by atoms with Crippen LogP contribution in [0, 0.1) is 63.6 Å². The van der Waals surface area contributed by atoms with Crippen LogP contribution in [0.15, 0.2) is 11.6 Å². The monoisotopic (exact) mass is 440 g/mol. The van der Waals surface area contributed by atoms with Crippen LogP contribution in [0.1, 0.15) is 99.8 Å². The number of carbonyl (C=O) groups excluding carboxylic acids is 1. The van der Waals surface area contributed by atoms with E-state index in [1.165, 1.54) is 37.7 Å². The Hall–Kier alpha value is -0.630. The van der Waals surface area contributed by atoms with Crippen molar-refractivity contribution in [3.05, 3.63) is 11.6 Å². The van der Waals surface area contributed by atoms with Gasteiger partial charge in [-0.3, -0.25) is 4.79 Å². The predicted octanol–water partition coefficient (Wildman–Crippen LogP) is 7.06. The van der Waals surface area contributed by atoms with E-state index in [-0.39, 0.29) is 17.4 Å². The smallest absolute Gasteiger partial charge is 0.159 e. The summed E-state index contributed by atoms with van der Waals surface area (Å²) in [6.07, 6.45) is 10.9. The predicted molar refractivity (Wildman–Crippen MR) is 131 cm³/mol. The number of hydrogen-bond acceptors (Lipinski definition) is 2. The van der Waals surface area contributed by atoms with Crippen molar-refractivity contribution in [2.24, 2.45) is 63.6 Å². The molecular weight excluding hydrogens is 392 g/mol. The van der Waals surface area contributed by atoms with Crippen LogP contribution >= 0.6 is 0 Å². The Bertz CT molecular complexity index is 812. The van der Waals surface area contributed by atoms with Gasteiger partial charge in [-0.05, 0) is 115 Å². The van der Waals surface area contributed by atoms with Crippen molar-refractivity contribution < 1.29 is 9.90 Å². The van der Waals surface area contributed by atoms with Crippen LogP contribution in [0.2, 0.25) is 0 Å². The second-order valence-corrected chi connectivity index (χ2v) is 14.1. The van der Waals surface area contributed by atoms with E-state index in [4.69, 9.17) is 0 Å². The maximum atomic E-state index is 13.5. The molecule has 0 bridgehead atoms. The molecule has 0 aliphatic heterocycles. The highest BCUT2D eigenvalue weighted by atomic mass is 16.3. The van der Waals surface area contributed by atoms with Crippen LogP contribution in [-0.2, 0) is 4.79 Å². The first-order chi connectivity index (χ1) is 14.9. The number of rotatable bonds is 4. The highest BCUT2D eigenvalue weighted by Gasteiger charge is 2.64. The minimum absolute atomic E-state index is 0.143. The normalized spacial score (nSPS) is 52.0. The average Bonchev–Trinajstić information content (AvgIpc) is 3.30. The van der Waals surface area contributed by atoms with E-state index in [0.717, 1.165) is 48.9 Å². The lowest BCUT2D eigenvalue weighted by molar-refractivity contribution is -0.135. The molecule has 180 valence electrons. The zero-order valence-electron chi connectivity index (χ0n) is 21.8. The first-order valence-corrected chi connectivity index (χ1v) is 13.9. The lowest BCUT2D eigenvalue weighted by Gasteiger charge is -2.57. The minimum Gasteiger partial charge on any atom is -0.393 e. The van der Waals surface area contributed by atoms with Gasteiger partial charge in [0.25, 0.3) is 0 Å². The van der Waals surface area contributed by atoms with E-state index >= 15 is 0 Å². The van der Waals surface area contributed by atoms with Crippen molar-refractivity contribution in [3.63, 3.8) is 0 Å². The van der Waals surface area contributed by atoms with Crippen LogP contribution in [0.25, 0.3) is 0 Å². The van der Waals surface area contributed by atoms with E-state index in [2.05, 4.69) is 48.5 Å². The lowest BCUT2D eigenvalue weighted by Crippen LogP contribution is -2.53. The second kappa shape index (κ2) is 7.43. The molecule has 1 N–H and O–H groups in total. The Balaban J connectivity index is 1.39. The molecule has 11 unspecified atom stereocenters. The fourth-order valence-electron chi connectivity index (χ4n) is 10.1. The number of ketones is 1. The van der Waals surface area contributed by atoms with Crippen LogP contribution in [0.4, 0.5) is 0 Å². The molecule has 32 heavy (non-hydrogen) atoms. The van der Waals surface area contributed by atoms with Gasteiger partial charge in [-0.25, -0.2) is 0 Å². The first kappa shape index (κ1) is 23.1. The van der Waals surface area contributed by atoms with Crippen molar-refractivity contribution in [1.82, 2.24) is 0 Å². The third-order valence-corrected chi connectivity index (χ3v) is 12.6. The van der Waals surface area contributed by atoms with E-state index in [0.29, 0.717) is 28.4 Å². The molecule has 0 saturated heterocycles. The van der Waals surface area contributed by atoms with Crippen LogP contribution in [0.5, 0.6) is 0 Å². The van der Waals surface area contributed by atoms with Gasteiger partial charge in [-0.1, -0.05) is 54.0 Å². The molecule has 4 fully saturated rings. The summed E-state index contributed by atoms with van der Waals surface area (Å²) in [5.74, 6) is 5.68. The molecule has 4 saturated carbocycles. The van der Waals surface area contributed by atoms with Crippen molar-refractivity contribution in [2.75, 3.05) is 0 Å². The van der Waals surface area contributed by atoms with Gasteiger partial charge in [0.2, 0.25) is 0 Å². The van der Waals surface area contributed by atoms with Crippen LogP contribution in [0.3, 0.4) is 0 Å². The maximum Gasteiger partial charge on any atom is 0.159 e. The molecule has 0 aromatic rings. The molecule has 0 radical (unpaired) electrons. The van der Waals surface area contributed by atoms with Crippen molar-refractivity contribution in [3.8, 4) is 0 Å². The molecule has 0 heterocycles. The van der Waals surface area contributed by atoms with Gasteiger partial charge in [0.05, 0.1) is 6.10 Å². The Kier molecular flexibility index (Phi) is 5.37. The third kappa shape index (κ3) is 3.10. The van der Waals surface area contributed by atoms with Gasteiger partial charge < -0.3 is 5.11 Å². The largest absolute Gasteiger partial charge is 0.393 e. The molecule has 0 amide bonds. The summed E-state index contributed by atoms with van der Waals surface area (Å²) >= 11 is 0. The summed E-state index contributed by atoms with van der Waals surface area (Å²) in [5.41, 5.74) is 2.26. The van der Waals surface area contributed by atoms with E-state index < -0.39 is 0 Å². The van der Waals surface area contributed by atoms with Crippen LogP contribution in [-0.4, -0.2) is 17.0 Å². The Morgan fingerprint density at radius 3 is 2.34 bits per heavy atom. The summed E-state index contributed by atoms with van der Waals surface area (Å²) in [5, 5.41) is 10.3. The fourth-order valence-corrected chi connectivity index (χ4v) is 10.1. The SMILES string of the molecule is CC(C)C(C)C1(C)CC1C(C)C1CCC2C3C(=O)C=C4CC(O)CCC4(C)C3CCC12C. The second-order valence-electron chi connectivity index (χ2n) is 14.1. The molecule has 2 heteroatoms. The van der Waals surface area contributed by atoms with Gasteiger partial charge in [0.1, 0.15) is 0 Å². The Morgan fingerprint density at radius 1 is 0.938 bits per heavy atom. The standard InChI is InChI=1S/C30H48O2/c1-17(2)19(4)30(7)16-25(30)18(3)22-8-9-23-27-24(11-13-29(22,23)6)28(5)12-10-21(31)14-20(28)15-26(27)32/h15,17-19,21-25,27,31H,8-14,16H2,1-7H3. The molecule has 5 rings (SSSR count). The average molecular weight is 441 g/mol. The first-order valence-electron chi connectivity index (χ1n) is 13.9. The van der Waals surface area contributed by atoms with Crippen molar-refractivity contribution in [1.29, 1.82) is 0 Å². The highest BCUT2D eigenvalue weighted by molar-refractivity contribution is 5.94. The van der Waals surface area contributed by atoms with E-state index in [1.54, 1.807) is 0 Å².